The minimum atomic E-state index is 0.351. The van der Waals surface area contributed by atoms with E-state index in [-0.39, 0.29) is 0 Å². The Morgan fingerprint density at radius 1 is 1.56 bits per heavy atom. The van der Waals surface area contributed by atoms with E-state index in [1.54, 1.807) is 11.3 Å². The molecular weight excluding hydrogens is 310 g/mol. The van der Waals surface area contributed by atoms with Crippen molar-refractivity contribution in [3.8, 4) is 0 Å². The maximum Gasteiger partial charge on any atom is 0.222 e. The third kappa shape index (κ3) is 4.09. The molecule has 1 aromatic rings. The number of nitrogens with zero attached hydrogens (tertiary/aromatic N) is 1. The summed E-state index contributed by atoms with van der Waals surface area (Å²) in [6.07, 6.45) is 5.11. The van der Waals surface area contributed by atoms with E-state index in [0.717, 1.165) is 31.3 Å². The van der Waals surface area contributed by atoms with E-state index in [0.29, 0.717) is 18.2 Å². The predicted octanol–water partition coefficient (Wildman–Crippen LogP) is 3.70. The minimum absolute atomic E-state index is 0.351. The molecule has 1 fully saturated rings. The lowest BCUT2D eigenvalue weighted by atomic mass is 10.1. The fourth-order valence-electron chi connectivity index (χ4n) is 2.48. The second-order valence-corrected chi connectivity index (χ2v) is 6.73. The number of carbonyl (C=O) groups is 1. The monoisotopic (exact) mass is 329 g/mol. The summed E-state index contributed by atoms with van der Waals surface area (Å²) in [5.41, 5.74) is 0. The second kappa shape index (κ2) is 7.29. The first-order valence-corrected chi connectivity index (χ1v) is 8.66. The van der Waals surface area contributed by atoms with Gasteiger partial charge in [0.05, 0.1) is 0 Å². The van der Waals surface area contributed by atoms with Crippen LogP contribution in [0.1, 0.15) is 30.6 Å². The summed E-state index contributed by atoms with van der Waals surface area (Å²) < 4.78 is 0. The fourth-order valence-corrected chi connectivity index (χ4v) is 3.87. The molecule has 0 N–H and O–H groups in total. The van der Waals surface area contributed by atoms with E-state index >= 15 is 0 Å². The number of thiophene rings is 1. The second-order valence-electron chi connectivity index (χ2n) is 4.91. The molecule has 1 aliphatic heterocycles. The summed E-state index contributed by atoms with van der Waals surface area (Å²) >= 11 is 5.26. The number of halogens is 1. The molecule has 0 saturated carbocycles. The molecule has 2 nitrogen and oxygen atoms in total. The molecule has 1 amide bonds. The van der Waals surface area contributed by atoms with Gasteiger partial charge in [0, 0.05) is 29.7 Å². The van der Waals surface area contributed by atoms with Crippen LogP contribution in [0.4, 0.5) is 0 Å². The average molecular weight is 330 g/mol. The van der Waals surface area contributed by atoms with Gasteiger partial charge < -0.3 is 4.90 Å². The Balaban J connectivity index is 1.66. The zero-order valence-electron chi connectivity index (χ0n) is 10.6. The van der Waals surface area contributed by atoms with Crippen LogP contribution in [0, 0.1) is 5.92 Å². The summed E-state index contributed by atoms with van der Waals surface area (Å²) in [4.78, 5) is 15.5. The molecule has 2 rings (SSSR count). The van der Waals surface area contributed by atoms with Crippen molar-refractivity contribution < 1.29 is 4.79 Å². The van der Waals surface area contributed by atoms with Gasteiger partial charge in [0.2, 0.25) is 5.91 Å². The molecular formula is C14H20BrNOS. The number of likely N-dealkylation sites (tertiary alicyclic amines) is 1. The lowest BCUT2D eigenvalue weighted by Crippen LogP contribution is -2.28. The van der Waals surface area contributed by atoms with Crippen molar-refractivity contribution in [1.82, 2.24) is 4.90 Å². The van der Waals surface area contributed by atoms with Crippen LogP contribution >= 0.6 is 27.3 Å². The largest absolute Gasteiger partial charge is 0.342 e. The van der Waals surface area contributed by atoms with Crippen LogP contribution in [0.25, 0.3) is 0 Å². The van der Waals surface area contributed by atoms with Crippen LogP contribution in [-0.2, 0) is 11.2 Å². The van der Waals surface area contributed by atoms with Crippen molar-refractivity contribution in [2.75, 3.05) is 18.4 Å². The molecule has 18 heavy (non-hydrogen) atoms. The number of amides is 1. The zero-order chi connectivity index (χ0) is 12.8. The van der Waals surface area contributed by atoms with Crippen molar-refractivity contribution in [2.45, 2.75) is 32.1 Å². The highest BCUT2D eigenvalue weighted by Crippen LogP contribution is 2.21. The first kappa shape index (κ1) is 14.1. The minimum Gasteiger partial charge on any atom is -0.342 e. The van der Waals surface area contributed by atoms with Crippen LogP contribution in [0.15, 0.2) is 17.5 Å². The fraction of sp³-hybridized carbons (Fsp3) is 0.643. The summed E-state index contributed by atoms with van der Waals surface area (Å²) in [5, 5.41) is 3.15. The molecule has 1 atom stereocenters. The lowest BCUT2D eigenvalue weighted by Gasteiger charge is -2.16. The van der Waals surface area contributed by atoms with Gasteiger partial charge in [-0.25, -0.2) is 0 Å². The molecule has 0 aliphatic carbocycles. The molecule has 0 aromatic carbocycles. The number of rotatable bonds is 6. The lowest BCUT2D eigenvalue weighted by molar-refractivity contribution is -0.130. The van der Waals surface area contributed by atoms with E-state index in [1.807, 2.05) is 0 Å². The first-order chi connectivity index (χ1) is 8.79. The van der Waals surface area contributed by atoms with Gasteiger partial charge in [0.15, 0.2) is 0 Å². The molecule has 1 saturated heterocycles. The third-order valence-electron chi connectivity index (χ3n) is 3.55. The van der Waals surface area contributed by atoms with Gasteiger partial charge in [-0.1, -0.05) is 22.0 Å². The Hall–Kier alpha value is -0.350. The Morgan fingerprint density at radius 3 is 3.17 bits per heavy atom. The number of carbonyl (C=O) groups excluding carboxylic acids is 1. The van der Waals surface area contributed by atoms with Crippen LogP contribution in [-0.4, -0.2) is 29.2 Å². The molecule has 100 valence electrons. The van der Waals surface area contributed by atoms with Crippen molar-refractivity contribution in [1.29, 1.82) is 0 Å². The predicted molar refractivity (Wildman–Crippen MR) is 80.4 cm³/mol. The van der Waals surface area contributed by atoms with Crippen LogP contribution in [0.2, 0.25) is 0 Å². The Labute approximate surface area is 122 Å². The number of alkyl halides is 1. The van der Waals surface area contributed by atoms with Crippen LogP contribution < -0.4 is 0 Å². The number of aryl methyl sites for hydroxylation is 1. The molecule has 4 heteroatoms. The van der Waals surface area contributed by atoms with Crippen molar-refractivity contribution in [2.24, 2.45) is 5.92 Å². The molecule has 0 bridgehead atoms. The van der Waals surface area contributed by atoms with E-state index in [2.05, 4.69) is 38.3 Å². The average Bonchev–Trinajstić information content (AvgIpc) is 3.00. The van der Waals surface area contributed by atoms with Gasteiger partial charge in [-0.3, -0.25) is 4.79 Å². The molecule has 0 spiro atoms. The number of hydrogen-bond acceptors (Lipinski definition) is 2. The van der Waals surface area contributed by atoms with Crippen LogP contribution in [0.3, 0.4) is 0 Å². The maximum atomic E-state index is 12.0. The van der Waals surface area contributed by atoms with Crippen molar-refractivity contribution in [3.63, 3.8) is 0 Å². The van der Waals surface area contributed by atoms with E-state index < -0.39 is 0 Å². The van der Waals surface area contributed by atoms with Crippen molar-refractivity contribution >= 4 is 33.2 Å². The standard InChI is InChI=1S/C14H20BrNOS/c15-8-6-12-7-9-16(11-12)14(17)5-1-3-13-4-2-10-18-13/h2,4,10,12H,1,3,5-9,11H2. The summed E-state index contributed by atoms with van der Waals surface area (Å²) in [7, 11) is 0. The molecule has 2 heterocycles. The molecule has 1 unspecified atom stereocenters. The topological polar surface area (TPSA) is 20.3 Å². The smallest absolute Gasteiger partial charge is 0.222 e. The van der Waals surface area contributed by atoms with Gasteiger partial charge >= 0.3 is 0 Å². The van der Waals surface area contributed by atoms with Crippen LogP contribution in [0.5, 0.6) is 0 Å². The van der Waals surface area contributed by atoms with Gasteiger partial charge in [-0.15, -0.1) is 11.3 Å². The van der Waals surface area contributed by atoms with Gasteiger partial charge in [0.1, 0.15) is 0 Å². The first-order valence-electron chi connectivity index (χ1n) is 6.65. The van der Waals surface area contributed by atoms with E-state index in [4.69, 9.17) is 0 Å². The van der Waals surface area contributed by atoms with E-state index in [9.17, 15) is 4.79 Å². The Morgan fingerprint density at radius 2 is 2.44 bits per heavy atom. The molecule has 1 aromatic heterocycles. The quantitative estimate of drug-likeness (QED) is 0.728. The summed E-state index contributed by atoms with van der Waals surface area (Å²) in [5.74, 6) is 1.06. The third-order valence-corrected chi connectivity index (χ3v) is 4.94. The summed E-state index contributed by atoms with van der Waals surface area (Å²) in [6.45, 7) is 1.94. The van der Waals surface area contributed by atoms with E-state index in [1.165, 1.54) is 17.7 Å². The van der Waals surface area contributed by atoms with Gasteiger partial charge in [0.25, 0.3) is 0 Å². The molecule has 1 aliphatic rings. The summed E-state index contributed by atoms with van der Waals surface area (Å²) in [6, 6.07) is 4.23. The Bertz CT molecular complexity index is 366. The zero-order valence-corrected chi connectivity index (χ0v) is 13.0. The SMILES string of the molecule is O=C(CCCc1cccs1)N1CCC(CCBr)C1. The highest BCUT2D eigenvalue weighted by atomic mass is 79.9. The molecule has 0 radical (unpaired) electrons. The highest BCUT2D eigenvalue weighted by molar-refractivity contribution is 9.09. The van der Waals surface area contributed by atoms with Gasteiger partial charge in [-0.05, 0) is 43.0 Å². The maximum absolute atomic E-state index is 12.0. The van der Waals surface area contributed by atoms with Gasteiger partial charge in [-0.2, -0.15) is 0 Å². The normalized spacial score (nSPS) is 19.4. The highest BCUT2D eigenvalue weighted by Gasteiger charge is 2.24. The Kier molecular flexibility index (Phi) is 5.70. The number of hydrogen-bond donors (Lipinski definition) is 0. The van der Waals surface area contributed by atoms with Crippen molar-refractivity contribution in [3.05, 3.63) is 22.4 Å².